The molecule has 0 aliphatic carbocycles. The number of aryl methyl sites for hydroxylation is 2. The molecule has 0 saturated heterocycles. The van der Waals surface area contributed by atoms with Crippen LogP contribution in [0, 0.1) is 24.7 Å². The number of nitrogens with one attached hydrogen (secondary N) is 2. The third-order valence-corrected chi connectivity index (χ3v) is 3.02. The number of hydrogen-bond acceptors (Lipinski definition) is 4. The number of halogens is 1. The second-order valence-electron chi connectivity index (χ2n) is 2.63. The second-order valence-corrected chi connectivity index (χ2v) is 4.30. The Balaban J connectivity index is 3.01. The van der Waals surface area contributed by atoms with Gasteiger partial charge in [-0.2, -0.15) is 0 Å². The lowest BCUT2D eigenvalue weighted by atomic mass is 10.2. The van der Waals surface area contributed by atoms with Crippen LogP contribution in [0.15, 0.2) is 0 Å². The first-order valence-electron chi connectivity index (χ1n) is 3.73. The van der Waals surface area contributed by atoms with Gasteiger partial charge < -0.3 is 10.8 Å². The Morgan fingerprint density at radius 2 is 2.23 bits per heavy atom. The maximum absolute atomic E-state index is 7.68. The van der Waals surface area contributed by atoms with E-state index in [1.807, 2.05) is 13.8 Å². The fraction of sp³-hybridized carbons (Fsp3) is 0.375. The third kappa shape index (κ3) is 2.14. The molecular formula is C8H10ClN3S. The molecule has 2 N–H and O–H groups in total. The molecule has 1 aromatic heterocycles. The first kappa shape index (κ1) is 10.3. The van der Waals surface area contributed by atoms with Crippen LogP contribution in [0.3, 0.4) is 0 Å². The number of rotatable bonds is 3. The van der Waals surface area contributed by atoms with Crippen LogP contribution in [0.4, 0.5) is 0 Å². The van der Waals surface area contributed by atoms with Gasteiger partial charge in [0.15, 0.2) is 0 Å². The third-order valence-electron chi connectivity index (χ3n) is 1.57. The molecule has 0 radical (unpaired) electrons. The highest BCUT2D eigenvalue weighted by atomic mass is 35.5. The van der Waals surface area contributed by atoms with E-state index in [0.29, 0.717) is 0 Å². The summed E-state index contributed by atoms with van der Waals surface area (Å²) in [5.41, 5.74) is 1.08. The Bertz CT molecular complexity index is 345. The van der Waals surface area contributed by atoms with Crippen molar-refractivity contribution in [2.45, 2.75) is 19.2 Å². The molecule has 0 aromatic carbocycles. The quantitative estimate of drug-likeness (QED) is 0.590. The zero-order chi connectivity index (χ0) is 10.0. The molecule has 1 unspecified atom stereocenters. The predicted octanol–water partition coefficient (Wildman–Crippen LogP) is 2.38. The van der Waals surface area contributed by atoms with E-state index in [1.54, 1.807) is 0 Å². The molecular weight excluding hydrogens is 206 g/mol. The number of thiazole rings is 1. The van der Waals surface area contributed by atoms with Crippen molar-refractivity contribution in [3.8, 4) is 0 Å². The summed E-state index contributed by atoms with van der Waals surface area (Å²) in [6, 6.07) is 0. The van der Waals surface area contributed by atoms with Crippen molar-refractivity contribution in [2.24, 2.45) is 0 Å². The summed E-state index contributed by atoms with van der Waals surface area (Å²) in [5.74, 6) is 0. The van der Waals surface area contributed by atoms with Gasteiger partial charge in [0, 0.05) is 6.21 Å². The molecule has 0 aliphatic rings. The average molecular weight is 216 g/mol. The van der Waals surface area contributed by atoms with Crippen LogP contribution in [0.5, 0.6) is 0 Å². The molecule has 0 aliphatic heterocycles. The van der Waals surface area contributed by atoms with E-state index in [2.05, 4.69) is 4.98 Å². The largest absolute Gasteiger partial charge is 0.311 e. The van der Waals surface area contributed by atoms with Crippen LogP contribution in [-0.2, 0) is 0 Å². The highest BCUT2D eigenvalue weighted by Crippen LogP contribution is 2.19. The van der Waals surface area contributed by atoms with Crippen LogP contribution in [0.25, 0.3) is 0 Å². The zero-order valence-corrected chi connectivity index (χ0v) is 8.96. The summed E-state index contributed by atoms with van der Waals surface area (Å²) in [4.78, 5) is 4.97. The molecule has 0 saturated carbocycles. The van der Waals surface area contributed by atoms with E-state index in [9.17, 15) is 0 Å². The zero-order valence-electron chi connectivity index (χ0n) is 7.39. The second kappa shape index (κ2) is 3.98. The molecule has 13 heavy (non-hydrogen) atoms. The number of nitrogens with zero attached hydrogens (tertiary/aromatic N) is 1. The van der Waals surface area contributed by atoms with Crippen LogP contribution in [-0.4, -0.2) is 22.3 Å². The minimum absolute atomic E-state index is 0.264. The molecule has 1 aromatic rings. The lowest BCUT2D eigenvalue weighted by Gasteiger charge is -2.02. The maximum atomic E-state index is 7.68. The van der Waals surface area contributed by atoms with Crippen molar-refractivity contribution in [2.75, 3.05) is 0 Å². The van der Waals surface area contributed by atoms with Gasteiger partial charge in [-0.15, -0.1) is 22.9 Å². The van der Waals surface area contributed by atoms with Crippen LogP contribution in [0.2, 0.25) is 0 Å². The average Bonchev–Trinajstić information content (AvgIpc) is 2.42. The summed E-state index contributed by atoms with van der Waals surface area (Å²) < 4.78 is 0. The molecule has 0 spiro atoms. The predicted molar refractivity (Wildman–Crippen MR) is 56.8 cm³/mol. The molecule has 1 atom stereocenters. The van der Waals surface area contributed by atoms with Gasteiger partial charge in [-0.05, 0) is 13.8 Å². The number of aromatic nitrogens is 1. The van der Waals surface area contributed by atoms with Crippen molar-refractivity contribution in [3.63, 3.8) is 0 Å². The highest BCUT2D eigenvalue weighted by molar-refractivity contribution is 7.14. The van der Waals surface area contributed by atoms with Crippen molar-refractivity contribution in [1.82, 2.24) is 4.98 Å². The van der Waals surface area contributed by atoms with Crippen molar-refractivity contribution >= 4 is 34.9 Å². The SMILES string of the molecule is Cc1nc(C)c(C(=N)C(Cl)C=N)s1. The van der Waals surface area contributed by atoms with Gasteiger partial charge in [-0.3, -0.25) is 0 Å². The van der Waals surface area contributed by atoms with Crippen LogP contribution in [0.1, 0.15) is 15.6 Å². The molecule has 3 nitrogen and oxygen atoms in total. The van der Waals surface area contributed by atoms with E-state index in [4.69, 9.17) is 22.4 Å². The van der Waals surface area contributed by atoms with Gasteiger partial charge in [-0.25, -0.2) is 4.98 Å². The van der Waals surface area contributed by atoms with Crippen LogP contribution >= 0.6 is 22.9 Å². The first-order valence-corrected chi connectivity index (χ1v) is 4.99. The van der Waals surface area contributed by atoms with Crippen molar-refractivity contribution < 1.29 is 0 Å². The van der Waals surface area contributed by atoms with E-state index < -0.39 is 5.38 Å². The van der Waals surface area contributed by atoms with Gasteiger partial charge in [0.05, 0.1) is 21.3 Å². The molecule has 1 heterocycles. The van der Waals surface area contributed by atoms with Gasteiger partial charge in [0.2, 0.25) is 0 Å². The van der Waals surface area contributed by atoms with Crippen molar-refractivity contribution in [3.05, 3.63) is 15.6 Å². The monoisotopic (exact) mass is 215 g/mol. The summed E-state index contributed by atoms with van der Waals surface area (Å²) >= 11 is 7.19. The van der Waals surface area contributed by atoms with Gasteiger partial charge in [0.25, 0.3) is 0 Å². The van der Waals surface area contributed by atoms with Gasteiger partial charge in [0.1, 0.15) is 5.38 Å². The highest BCUT2D eigenvalue weighted by Gasteiger charge is 2.15. The molecule has 0 amide bonds. The van der Waals surface area contributed by atoms with E-state index >= 15 is 0 Å². The lowest BCUT2D eigenvalue weighted by Crippen LogP contribution is -2.15. The fourth-order valence-electron chi connectivity index (χ4n) is 0.990. The summed E-state index contributed by atoms with van der Waals surface area (Å²) in [7, 11) is 0. The first-order chi connectivity index (χ1) is 6.06. The normalized spacial score (nSPS) is 12.5. The van der Waals surface area contributed by atoms with E-state index in [1.165, 1.54) is 11.3 Å². The van der Waals surface area contributed by atoms with Gasteiger partial charge >= 0.3 is 0 Å². The topological polar surface area (TPSA) is 60.6 Å². The Morgan fingerprint density at radius 3 is 2.62 bits per heavy atom. The maximum Gasteiger partial charge on any atom is 0.111 e. The minimum Gasteiger partial charge on any atom is -0.311 e. The fourth-order valence-corrected chi connectivity index (χ4v) is 2.07. The Kier molecular flexibility index (Phi) is 3.17. The molecule has 1 rings (SSSR count). The minimum atomic E-state index is -0.640. The Morgan fingerprint density at radius 1 is 1.62 bits per heavy atom. The lowest BCUT2D eigenvalue weighted by molar-refractivity contribution is 1.19. The van der Waals surface area contributed by atoms with Crippen LogP contribution < -0.4 is 0 Å². The standard InChI is InChI=1S/C8H10ClN3S/c1-4-8(13-5(2)12-4)7(11)6(9)3-10/h3,6,10-11H,1-2H3. The van der Waals surface area contributed by atoms with Gasteiger partial charge in [-0.1, -0.05) is 0 Å². The van der Waals surface area contributed by atoms with E-state index in [-0.39, 0.29) is 5.71 Å². The van der Waals surface area contributed by atoms with Crippen molar-refractivity contribution in [1.29, 1.82) is 10.8 Å². The Labute approximate surface area is 85.8 Å². The molecule has 70 valence electrons. The summed E-state index contributed by atoms with van der Waals surface area (Å²) in [6.45, 7) is 3.74. The molecule has 0 bridgehead atoms. The Hall–Kier alpha value is -0.740. The number of hydrogen-bond donors (Lipinski definition) is 2. The molecule has 0 fully saturated rings. The number of alkyl halides is 1. The van der Waals surface area contributed by atoms with E-state index in [0.717, 1.165) is 21.8 Å². The summed E-state index contributed by atoms with van der Waals surface area (Å²) in [6.07, 6.45) is 1.05. The smallest absolute Gasteiger partial charge is 0.111 e. The summed E-state index contributed by atoms with van der Waals surface area (Å²) in [5, 5.41) is 14.9. The molecule has 5 heteroatoms.